The van der Waals surface area contributed by atoms with E-state index in [2.05, 4.69) is 5.32 Å². The molecule has 3 rings (SSSR count). The van der Waals surface area contributed by atoms with E-state index in [-0.39, 0.29) is 17.6 Å². The van der Waals surface area contributed by atoms with Gasteiger partial charge in [-0.15, -0.1) is 0 Å². The molecule has 1 saturated heterocycles. The summed E-state index contributed by atoms with van der Waals surface area (Å²) in [7, 11) is 0. The fraction of sp³-hybridized carbons (Fsp3) is 0.364. The first-order valence-electron chi connectivity index (χ1n) is 9.62. The van der Waals surface area contributed by atoms with Crippen LogP contribution in [0.3, 0.4) is 0 Å². The van der Waals surface area contributed by atoms with Crippen LogP contribution in [-0.2, 0) is 0 Å². The summed E-state index contributed by atoms with van der Waals surface area (Å²) in [5.74, 6) is -0.0602. The molecule has 0 aliphatic carbocycles. The van der Waals surface area contributed by atoms with Crippen molar-refractivity contribution in [3.05, 3.63) is 65.5 Å². The SMILES string of the molecule is CC(C)CNC(=O)c1ccc(C(=O)N2CCN(c3ccccc3F)CC2)cc1. The highest BCUT2D eigenvalue weighted by Gasteiger charge is 2.23. The maximum atomic E-state index is 13.9. The fourth-order valence-corrected chi connectivity index (χ4v) is 3.20. The van der Waals surface area contributed by atoms with Gasteiger partial charge in [-0.1, -0.05) is 26.0 Å². The Bertz CT molecular complexity index is 828. The first-order chi connectivity index (χ1) is 13.5. The van der Waals surface area contributed by atoms with Gasteiger partial charge in [0.15, 0.2) is 0 Å². The van der Waals surface area contributed by atoms with Crippen molar-refractivity contribution < 1.29 is 14.0 Å². The predicted octanol–water partition coefficient (Wildman–Crippen LogP) is 3.17. The van der Waals surface area contributed by atoms with Crippen molar-refractivity contribution in [1.29, 1.82) is 0 Å². The maximum Gasteiger partial charge on any atom is 0.253 e. The Kier molecular flexibility index (Phi) is 6.29. The minimum absolute atomic E-state index is 0.0673. The number of carbonyl (C=O) groups is 2. The van der Waals surface area contributed by atoms with Crippen molar-refractivity contribution in [1.82, 2.24) is 10.2 Å². The third-order valence-electron chi connectivity index (χ3n) is 4.82. The molecule has 0 aromatic heterocycles. The molecular formula is C22H26FN3O2. The highest BCUT2D eigenvalue weighted by molar-refractivity contribution is 5.97. The van der Waals surface area contributed by atoms with Crippen molar-refractivity contribution in [2.75, 3.05) is 37.6 Å². The van der Waals surface area contributed by atoms with Crippen molar-refractivity contribution in [3.8, 4) is 0 Å². The highest BCUT2D eigenvalue weighted by Crippen LogP contribution is 2.20. The average molecular weight is 383 g/mol. The molecule has 0 radical (unpaired) electrons. The van der Waals surface area contributed by atoms with E-state index in [1.807, 2.05) is 24.8 Å². The van der Waals surface area contributed by atoms with Gasteiger partial charge in [0.1, 0.15) is 5.82 Å². The number of carbonyl (C=O) groups excluding carboxylic acids is 2. The number of para-hydroxylation sites is 1. The van der Waals surface area contributed by atoms with Crippen LogP contribution in [-0.4, -0.2) is 49.4 Å². The molecule has 2 amide bonds. The molecule has 5 nitrogen and oxygen atoms in total. The number of amides is 2. The van der Waals surface area contributed by atoms with Gasteiger partial charge in [0.2, 0.25) is 0 Å². The molecule has 1 N–H and O–H groups in total. The molecule has 0 spiro atoms. The first kappa shape index (κ1) is 19.9. The monoisotopic (exact) mass is 383 g/mol. The van der Waals surface area contributed by atoms with Gasteiger partial charge in [-0.3, -0.25) is 9.59 Å². The molecular weight excluding hydrogens is 357 g/mol. The van der Waals surface area contributed by atoms with Crippen LogP contribution in [0.4, 0.5) is 10.1 Å². The Morgan fingerprint density at radius 3 is 2.18 bits per heavy atom. The number of benzene rings is 2. The molecule has 0 bridgehead atoms. The summed E-state index contributed by atoms with van der Waals surface area (Å²) >= 11 is 0. The van der Waals surface area contributed by atoms with Crippen molar-refractivity contribution in [2.24, 2.45) is 5.92 Å². The van der Waals surface area contributed by atoms with E-state index >= 15 is 0 Å². The van der Waals surface area contributed by atoms with Crippen LogP contribution in [0, 0.1) is 11.7 Å². The quantitative estimate of drug-likeness (QED) is 0.863. The van der Waals surface area contributed by atoms with Crippen LogP contribution < -0.4 is 10.2 Å². The van der Waals surface area contributed by atoms with E-state index in [0.717, 1.165) is 0 Å². The normalized spacial score (nSPS) is 14.3. The molecule has 1 aliphatic heterocycles. The van der Waals surface area contributed by atoms with Crippen LogP contribution in [0.2, 0.25) is 0 Å². The second kappa shape index (κ2) is 8.87. The van der Waals surface area contributed by atoms with Crippen molar-refractivity contribution in [3.63, 3.8) is 0 Å². The summed E-state index contributed by atoms with van der Waals surface area (Å²) in [5, 5.41) is 2.86. The summed E-state index contributed by atoms with van der Waals surface area (Å²) in [6, 6.07) is 13.4. The van der Waals surface area contributed by atoms with Gasteiger partial charge < -0.3 is 15.1 Å². The van der Waals surface area contributed by atoms with Crippen LogP contribution in [0.25, 0.3) is 0 Å². The second-order valence-corrected chi connectivity index (χ2v) is 7.41. The third kappa shape index (κ3) is 4.68. The molecule has 1 fully saturated rings. The van der Waals surface area contributed by atoms with E-state index < -0.39 is 0 Å². The number of hydrogen-bond donors (Lipinski definition) is 1. The lowest BCUT2D eigenvalue weighted by Crippen LogP contribution is -2.49. The number of nitrogens with one attached hydrogen (secondary N) is 1. The number of anilines is 1. The zero-order valence-electron chi connectivity index (χ0n) is 16.3. The number of hydrogen-bond acceptors (Lipinski definition) is 3. The summed E-state index contributed by atoms with van der Waals surface area (Å²) < 4.78 is 13.9. The van der Waals surface area contributed by atoms with Crippen LogP contribution in [0.5, 0.6) is 0 Å². The molecule has 0 saturated carbocycles. The molecule has 2 aromatic carbocycles. The van der Waals surface area contributed by atoms with Gasteiger partial charge in [-0.25, -0.2) is 4.39 Å². The minimum atomic E-state index is -0.242. The molecule has 1 heterocycles. The Hall–Kier alpha value is -2.89. The topological polar surface area (TPSA) is 52.7 Å². The molecule has 28 heavy (non-hydrogen) atoms. The minimum Gasteiger partial charge on any atom is -0.366 e. The van der Waals surface area contributed by atoms with E-state index in [4.69, 9.17) is 0 Å². The Balaban J connectivity index is 1.58. The Morgan fingerprint density at radius 2 is 1.57 bits per heavy atom. The summed E-state index contributed by atoms with van der Waals surface area (Å²) in [5.41, 5.74) is 1.67. The van der Waals surface area contributed by atoms with Crippen molar-refractivity contribution in [2.45, 2.75) is 13.8 Å². The molecule has 148 valence electrons. The average Bonchev–Trinajstić information content (AvgIpc) is 2.72. The number of halogens is 1. The smallest absolute Gasteiger partial charge is 0.253 e. The van der Waals surface area contributed by atoms with Crippen LogP contribution >= 0.6 is 0 Å². The van der Waals surface area contributed by atoms with E-state index in [9.17, 15) is 14.0 Å². The molecule has 2 aromatic rings. The van der Waals surface area contributed by atoms with Gasteiger partial charge in [-0.2, -0.15) is 0 Å². The summed E-state index contributed by atoms with van der Waals surface area (Å²) in [6.07, 6.45) is 0. The van der Waals surface area contributed by atoms with Crippen molar-refractivity contribution >= 4 is 17.5 Å². The number of piperazine rings is 1. The van der Waals surface area contributed by atoms with E-state index in [1.165, 1.54) is 6.07 Å². The highest BCUT2D eigenvalue weighted by atomic mass is 19.1. The number of nitrogens with zero attached hydrogens (tertiary/aromatic N) is 2. The lowest BCUT2D eigenvalue weighted by Gasteiger charge is -2.36. The van der Waals surface area contributed by atoms with Gasteiger partial charge in [0.25, 0.3) is 11.8 Å². The van der Waals surface area contributed by atoms with Crippen LogP contribution in [0.1, 0.15) is 34.6 Å². The van der Waals surface area contributed by atoms with Gasteiger partial charge in [0.05, 0.1) is 5.69 Å². The van der Waals surface area contributed by atoms with Gasteiger partial charge in [0, 0.05) is 43.9 Å². The largest absolute Gasteiger partial charge is 0.366 e. The molecule has 6 heteroatoms. The van der Waals surface area contributed by atoms with Gasteiger partial charge >= 0.3 is 0 Å². The summed E-state index contributed by atoms with van der Waals surface area (Å²) in [4.78, 5) is 28.6. The van der Waals surface area contributed by atoms with E-state index in [1.54, 1.807) is 41.3 Å². The zero-order valence-corrected chi connectivity index (χ0v) is 16.3. The molecule has 0 atom stereocenters. The van der Waals surface area contributed by atoms with Crippen LogP contribution in [0.15, 0.2) is 48.5 Å². The molecule has 1 aliphatic rings. The molecule has 0 unspecified atom stereocenters. The third-order valence-corrected chi connectivity index (χ3v) is 4.82. The summed E-state index contributed by atoms with van der Waals surface area (Å²) in [6.45, 7) is 6.92. The standard InChI is InChI=1S/C22H26FN3O2/c1-16(2)15-24-21(27)17-7-9-18(10-8-17)22(28)26-13-11-25(12-14-26)20-6-4-3-5-19(20)23/h3-10,16H,11-15H2,1-2H3,(H,24,27). The maximum absolute atomic E-state index is 13.9. The number of rotatable bonds is 5. The van der Waals surface area contributed by atoms with Gasteiger partial charge in [-0.05, 0) is 42.3 Å². The second-order valence-electron chi connectivity index (χ2n) is 7.41. The predicted molar refractivity (Wildman–Crippen MR) is 108 cm³/mol. The zero-order chi connectivity index (χ0) is 20.1. The van der Waals surface area contributed by atoms with E-state index in [0.29, 0.717) is 55.5 Å². The first-order valence-corrected chi connectivity index (χ1v) is 9.62. The fourth-order valence-electron chi connectivity index (χ4n) is 3.20. The lowest BCUT2D eigenvalue weighted by atomic mass is 10.1. The Labute approximate surface area is 165 Å². The Morgan fingerprint density at radius 1 is 0.964 bits per heavy atom. The lowest BCUT2D eigenvalue weighted by molar-refractivity contribution is 0.0746.